The Morgan fingerprint density at radius 2 is 1.60 bits per heavy atom. The van der Waals surface area contributed by atoms with Crippen molar-refractivity contribution in [3.05, 3.63) is 112 Å². The number of aromatic nitrogens is 2. The molecule has 5 rings (SSSR count). The summed E-state index contributed by atoms with van der Waals surface area (Å²) in [6.07, 6.45) is 0. The summed E-state index contributed by atoms with van der Waals surface area (Å²) in [5, 5.41) is 11.3. The monoisotopic (exact) mass is 461 g/mol. The summed E-state index contributed by atoms with van der Waals surface area (Å²) in [4.78, 5) is 26.2. The first-order valence-electron chi connectivity index (χ1n) is 11.8. The summed E-state index contributed by atoms with van der Waals surface area (Å²) >= 11 is 0. The highest BCUT2D eigenvalue weighted by Crippen LogP contribution is 2.28. The highest BCUT2D eigenvalue weighted by molar-refractivity contribution is 5.94. The Kier molecular flexibility index (Phi) is 5.91. The highest BCUT2D eigenvalue weighted by atomic mass is 16.2. The predicted molar refractivity (Wildman–Crippen MR) is 141 cm³/mol. The average Bonchev–Trinajstić information content (AvgIpc) is 2.87. The van der Waals surface area contributed by atoms with Gasteiger partial charge in [-0.15, -0.1) is 0 Å². The zero-order valence-electron chi connectivity index (χ0n) is 20.1. The van der Waals surface area contributed by atoms with Gasteiger partial charge in [-0.25, -0.2) is 4.68 Å². The Morgan fingerprint density at radius 1 is 0.886 bits per heavy atom. The van der Waals surface area contributed by atoms with Crippen molar-refractivity contribution in [2.24, 2.45) is 0 Å². The molecule has 5 nitrogen and oxygen atoms in total. The standard InChI is InChI=1S/C30H27N3O2/c1-19-12-13-20(2)27(16-19)29-25-10-6-7-11-26(25)30(35)33(32-29)18-28(34)31-21(3)23-15-14-22-8-4-5-9-24(22)17-23/h4-17,21H,18H2,1-3H3,(H,31,34). The number of aryl methyl sites for hydroxylation is 2. The smallest absolute Gasteiger partial charge is 0.275 e. The zero-order valence-corrected chi connectivity index (χ0v) is 20.1. The number of fused-ring (bicyclic) bond motifs is 2. The van der Waals surface area contributed by atoms with Gasteiger partial charge >= 0.3 is 0 Å². The molecule has 0 fully saturated rings. The number of amides is 1. The molecule has 0 radical (unpaired) electrons. The fraction of sp³-hybridized carbons (Fsp3) is 0.167. The van der Waals surface area contributed by atoms with Gasteiger partial charge in [0.15, 0.2) is 0 Å². The summed E-state index contributed by atoms with van der Waals surface area (Å²) in [5.74, 6) is -0.262. The van der Waals surface area contributed by atoms with E-state index in [1.165, 1.54) is 4.68 Å². The van der Waals surface area contributed by atoms with Gasteiger partial charge in [0.2, 0.25) is 5.91 Å². The molecule has 1 N–H and O–H groups in total. The molecule has 0 aliphatic rings. The van der Waals surface area contributed by atoms with Gasteiger partial charge in [0.25, 0.3) is 5.56 Å². The summed E-state index contributed by atoms with van der Waals surface area (Å²) < 4.78 is 1.28. The number of hydrogen-bond acceptors (Lipinski definition) is 3. The minimum atomic E-state index is -0.275. The number of hydrogen-bond donors (Lipinski definition) is 1. The quantitative estimate of drug-likeness (QED) is 0.365. The van der Waals surface area contributed by atoms with Crippen LogP contribution in [0.2, 0.25) is 0 Å². The van der Waals surface area contributed by atoms with Crippen LogP contribution in [-0.2, 0) is 11.3 Å². The molecule has 5 heteroatoms. The summed E-state index contributed by atoms with van der Waals surface area (Å²) in [6.45, 7) is 5.85. The zero-order chi connectivity index (χ0) is 24.5. The number of benzene rings is 4. The number of nitrogens with one attached hydrogen (secondary N) is 1. The second-order valence-corrected chi connectivity index (χ2v) is 9.07. The van der Waals surface area contributed by atoms with Gasteiger partial charge < -0.3 is 5.32 Å². The van der Waals surface area contributed by atoms with Crippen LogP contribution >= 0.6 is 0 Å². The Morgan fingerprint density at radius 3 is 2.40 bits per heavy atom. The lowest BCUT2D eigenvalue weighted by Crippen LogP contribution is -2.35. The van der Waals surface area contributed by atoms with E-state index in [4.69, 9.17) is 0 Å². The molecular formula is C30H27N3O2. The van der Waals surface area contributed by atoms with Gasteiger partial charge in [-0.3, -0.25) is 9.59 Å². The normalized spacial score (nSPS) is 12.1. The molecule has 1 atom stereocenters. The number of rotatable bonds is 5. The van der Waals surface area contributed by atoms with Gasteiger partial charge in [0.1, 0.15) is 6.54 Å². The molecular weight excluding hydrogens is 434 g/mol. The van der Waals surface area contributed by atoms with E-state index in [2.05, 4.69) is 52.9 Å². The van der Waals surface area contributed by atoms with Crippen LogP contribution in [0.5, 0.6) is 0 Å². The van der Waals surface area contributed by atoms with E-state index in [9.17, 15) is 9.59 Å². The lowest BCUT2D eigenvalue weighted by molar-refractivity contribution is -0.122. The van der Waals surface area contributed by atoms with E-state index >= 15 is 0 Å². The minimum absolute atomic E-state index is 0.153. The van der Waals surface area contributed by atoms with Crippen LogP contribution < -0.4 is 10.9 Å². The van der Waals surface area contributed by atoms with Gasteiger partial charge in [-0.1, -0.05) is 72.3 Å². The van der Waals surface area contributed by atoms with E-state index in [1.807, 2.05) is 57.2 Å². The molecule has 0 saturated heterocycles. The molecule has 0 bridgehead atoms. The third kappa shape index (κ3) is 4.45. The van der Waals surface area contributed by atoms with Crippen LogP contribution in [0.4, 0.5) is 0 Å². The van der Waals surface area contributed by atoms with Gasteiger partial charge in [0, 0.05) is 10.9 Å². The first-order valence-corrected chi connectivity index (χ1v) is 11.8. The second kappa shape index (κ2) is 9.18. The first-order chi connectivity index (χ1) is 16.9. The molecule has 1 amide bonds. The summed E-state index contributed by atoms with van der Waals surface area (Å²) in [7, 11) is 0. The van der Waals surface area contributed by atoms with Crippen molar-refractivity contribution >= 4 is 27.5 Å². The maximum Gasteiger partial charge on any atom is 0.275 e. The summed E-state index contributed by atoms with van der Waals surface area (Å²) in [6, 6.07) is 27.7. The van der Waals surface area contributed by atoms with Crippen LogP contribution in [0.1, 0.15) is 29.7 Å². The fourth-order valence-electron chi connectivity index (χ4n) is 4.52. The van der Waals surface area contributed by atoms with Crippen LogP contribution in [0.15, 0.2) is 89.7 Å². The molecule has 0 saturated carbocycles. The molecule has 5 aromatic rings. The van der Waals surface area contributed by atoms with Crippen molar-refractivity contribution in [2.45, 2.75) is 33.4 Å². The largest absolute Gasteiger partial charge is 0.348 e. The van der Waals surface area contributed by atoms with Crippen molar-refractivity contribution in [3.63, 3.8) is 0 Å². The van der Waals surface area contributed by atoms with Gasteiger partial charge in [0.05, 0.1) is 17.1 Å². The SMILES string of the molecule is Cc1ccc(C)c(-c2nn(CC(=O)NC(C)c3ccc4ccccc4c3)c(=O)c3ccccc23)c1. The lowest BCUT2D eigenvalue weighted by atomic mass is 9.99. The molecule has 0 aliphatic heterocycles. The van der Waals surface area contributed by atoms with Crippen LogP contribution in [0, 0.1) is 13.8 Å². The molecule has 4 aromatic carbocycles. The third-order valence-electron chi connectivity index (χ3n) is 6.46. The topological polar surface area (TPSA) is 64.0 Å². The molecule has 1 aromatic heterocycles. The molecule has 1 heterocycles. The lowest BCUT2D eigenvalue weighted by Gasteiger charge is -2.17. The van der Waals surface area contributed by atoms with Crippen molar-refractivity contribution in [1.29, 1.82) is 0 Å². The van der Waals surface area contributed by atoms with Crippen LogP contribution in [0.3, 0.4) is 0 Å². The highest BCUT2D eigenvalue weighted by Gasteiger charge is 2.17. The third-order valence-corrected chi connectivity index (χ3v) is 6.46. The molecule has 0 aliphatic carbocycles. The van der Waals surface area contributed by atoms with Crippen LogP contribution in [-0.4, -0.2) is 15.7 Å². The van der Waals surface area contributed by atoms with E-state index in [0.29, 0.717) is 11.1 Å². The number of nitrogens with zero attached hydrogens (tertiary/aromatic N) is 2. The fourth-order valence-corrected chi connectivity index (χ4v) is 4.52. The maximum atomic E-state index is 13.2. The number of carbonyl (C=O) groups excluding carboxylic acids is 1. The summed E-state index contributed by atoms with van der Waals surface area (Å²) in [5.41, 5.74) is 4.57. The molecule has 174 valence electrons. The van der Waals surface area contributed by atoms with E-state index in [-0.39, 0.29) is 24.1 Å². The Bertz CT molecular complexity index is 1630. The van der Waals surface area contributed by atoms with Crippen molar-refractivity contribution in [2.75, 3.05) is 0 Å². The van der Waals surface area contributed by atoms with Crippen molar-refractivity contribution < 1.29 is 4.79 Å². The van der Waals surface area contributed by atoms with E-state index < -0.39 is 0 Å². The maximum absolute atomic E-state index is 13.2. The second-order valence-electron chi connectivity index (χ2n) is 9.07. The minimum Gasteiger partial charge on any atom is -0.348 e. The number of carbonyl (C=O) groups is 1. The Balaban J connectivity index is 1.47. The molecule has 35 heavy (non-hydrogen) atoms. The molecule has 0 spiro atoms. The molecule has 1 unspecified atom stereocenters. The predicted octanol–water partition coefficient (Wildman–Crippen LogP) is 5.71. The van der Waals surface area contributed by atoms with E-state index in [1.54, 1.807) is 6.07 Å². The Labute approximate surface area is 204 Å². The van der Waals surface area contributed by atoms with Crippen molar-refractivity contribution in [3.8, 4) is 11.3 Å². The first kappa shape index (κ1) is 22.5. The van der Waals surface area contributed by atoms with E-state index in [0.717, 1.165) is 38.4 Å². The average molecular weight is 462 g/mol. The van der Waals surface area contributed by atoms with Crippen molar-refractivity contribution in [1.82, 2.24) is 15.1 Å². The Hall–Kier alpha value is -4.25. The van der Waals surface area contributed by atoms with Gasteiger partial charge in [-0.05, 0) is 60.9 Å². The van der Waals surface area contributed by atoms with Crippen LogP contribution in [0.25, 0.3) is 32.8 Å². The van der Waals surface area contributed by atoms with Gasteiger partial charge in [-0.2, -0.15) is 5.10 Å².